The lowest BCUT2D eigenvalue weighted by atomic mass is 10.1. The van der Waals surface area contributed by atoms with Crippen molar-refractivity contribution in [2.75, 3.05) is 11.2 Å². The van der Waals surface area contributed by atoms with E-state index in [9.17, 15) is 26.4 Å². The minimum atomic E-state index is -4.92. The molecule has 0 aliphatic rings. The average molecular weight is 534 g/mol. The van der Waals surface area contributed by atoms with Crippen molar-refractivity contribution in [2.45, 2.75) is 17.6 Å². The Labute approximate surface area is 210 Å². The van der Waals surface area contributed by atoms with Crippen molar-refractivity contribution in [3.05, 3.63) is 107 Å². The predicted molar refractivity (Wildman–Crippen MR) is 130 cm³/mol. The van der Waals surface area contributed by atoms with E-state index in [1.807, 2.05) is 0 Å². The molecule has 0 radical (unpaired) electrons. The average Bonchev–Trinajstić information content (AvgIpc) is 3.29. The van der Waals surface area contributed by atoms with Gasteiger partial charge in [0, 0.05) is 17.0 Å². The zero-order chi connectivity index (χ0) is 26.1. The minimum absolute atomic E-state index is 0.0689. The highest BCUT2D eigenvalue weighted by Gasteiger charge is 2.41. The van der Waals surface area contributed by atoms with Gasteiger partial charge in [-0.05, 0) is 48.0 Å². The number of aromatic nitrogens is 2. The van der Waals surface area contributed by atoms with Crippen molar-refractivity contribution in [1.82, 2.24) is 9.78 Å². The van der Waals surface area contributed by atoms with Gasteiger partial charge in [-0.1, -0.05) is 48.0 Å². The third kappa shape index (κ3) is 5.44. The van der Waals surface area contributed by atoms with Crippen molar-refractivity contribution in [3.8, 4) is 5.69 Å². The van der Waals surface area contributed by atoms with Crippen molar-refractivity contribution in [3.63, 3.8) is 0 Å². The quantitative estimate of drug-likeness (QED) is 0.314. The van der Waals surface area contributed by atoms with E-state index < -0.39 is 33.2 Å². The molecule has 0 unspecified atom stereocenters. The molecule has 4 aromatic rings. The summed E-state index contributed by atoms with van der Waals surface area (Å²) in [6.07, 6.45) is -3.06. The first-order valence-electron chi connectivity index (χ1n) is 10.5. The predicted octanol–water partition coefficient (Wildman–Crippen LogP) is 5.80. The Kier molecular flexibility index (Phi) is 6.92. The van der Waals surface area contributed by atoms with Crippen LogP contribution in [0.4, 0.5) is 18.9 Å². The molecule has 0 spiro atoms. The molecule has 0 aliphatic heterocycles. The second-order valence-corrected chi connectivity index (χ2v) is 10.4. The van der Waals surface area contributed by atoms with Gasteiger partial charge in [-0.15, -0.1) is 0 Å². The molecule has 1 amide bonds. The number of halogens is 4. The monoisotopic (exact) mass is 533 g/mol. The molecule has 0 atom stereocenters. The Balaban J connectivity index is 1.86. The molecule has 0 bridgehead atoms. The van der Waals surface area contributed by atoms with Gasteiger partial charge in [-0.3, -0.25) is 4.79 Å². The topological polar surface area (TPSA) is 72.3 Å². The lowest BCUT2D eigenvalue weighted by molar-refractivity contribution is -0.143. The SMILES string of the molecule is CS(=O)(=O)c1cccc(N(Cc2ccccc2)C(=O)c2cnn(-c3ccc(Cl)cc3)c2C(F)(F)F)c1. The van der Waals surface area contributed by atoms with Gasteiger partial charge in [0.15, 0.2) is 15.5 Å². The molecule has 0 saturated heterocycles. The number of rotatable bonds is 6. The van der Waals surface area contributed by atoms with Gasteiger partial charge in [-0.2, -0.15) is 18.3 Å². The largest absolute Gasteiger partial charge is 0.434 e. The molecule has 3 aromatic carbocycles. The Morgan fingerprint density at radius 1 is 1.00 bits per heavy atom. The number of alkyl halides is 3. The lowest BCUT2D eigenvalue weighted by Gasteiger charge is -2.24. The van der Waals surface area contributed by atoms with Crippen LogP contribution in [0.2, 0.25) is 5.02 Å². The van der Waals surface area contributed by atoms with Gasteiger partial charge in [0.25, 0.3) is 5.91 Å². The summed E-state index contributed by atoms with van der Waals surface area (Å²) < 4.78 is 67.6. The Bertz CT molecular complexity index is 1500. The number of benzene rings is 3. The molecule has 11 heteroatoms. The standard InChI is InChI=1S/C25H19ClF3N3O3S/c1-36(34,35)21-9-5-8-20(14-21)31(16-17-6-3-2-4-7-17)24(33)22-15-30-32(23(22)25(27,28)29)19-12-10-18(26)11-13-19/h2-15H,16H2,1H3. The summed E-state index contributed by atoms with van der Waals surface area (Å²) in [6.45, 7) is -0.101. The number of anilines is 1. The third-order valence-electron chi connectivity index (χ3n) is 5.33. The van der Waals surface area contributed by atoms with Gasteiger partial charge in [0.05, 0.1) is 28.9 Å². The zero-order valence-electron chi connectivity index (χ0n) is 18.8. The summed E-state index contributed by atoms with van der Waals surface area (Å²) in [5.41, 5.74) is -1.11. The molecule has 0 N–H and O–H groups in total. The van der Waals surface area contributed by atoms with Crippen LogP contribution in [0.5, 0.6) is 0 Å². The van der Waals surface area contributed by atoms with Crippen LogP contribution in [0, 0.1) is 0 Å². The maximum atomic E-state index is 14.2. The molecule has 4 rings (SSSR count). The number of amides is 1. The van der Waals surface area contributed by atoms with Crippen LogP contribution in [0.3, 0.4) is 0 Å². The zero-order valence-corrected chi connectivity index (χ0v) is 20.3. The summed E-state index contributed by atoms with van der Waals surface area (Å²) in [4.78, 5) is 14.7. The number of nitrogens with zero attached hydrogens (tertiary/aromatic N) is 3. The van der Waals surface area contributed by atoms with E-state index in [1.54, 1.807) is 30.3 Å². The van der Waals surface area contributed by atoms with Crippen LogP contribution < -0.4 is 4.90 Å². The Hall–Kier alpha value is -3.63. The summed E-state index contributed by atoms with van der Waals surface area (Å²) in [6, 6.07) is 19.7. The van der Waals surface area contributed by atoms with Crippen LogP contribution in [0.25, 0.3) is 5.69 Å². The number of hydrogen-bond acceptors (Lipinski definition) is 4. The van der Waals surface area contributed by atoms with Crippen LogP contribution in [0.1, 0.15) is 21.6 Å². The van der Waals surface area contributed by atoms with Gasteiger partial charge >= 0.3 is 6.18 Å². The van der Waals surface area contributed by atoms with Crippen LogP contribution in [-0.2, 0) is 22.6 Å². The van der Waals surface area contributed by atoms with E-state index in [2.05, 4.69) is 5.10 Å². The van der Waals surface area contributed by atoms with E-state index in [0.717, 1.165) is 17.4 Å². The normalized spacial score (nSPS) is 11.9. The lowest BCUT2D eigenvalue weighted by Crippen LogP contribution is -2.32. The smallest absolute Gasteiger partial charge is 0.304 e. The van der Waals surface area contributed by atoms with Crippen LogP contribution in [0.15, 0.2) is 90.0 Å². The number of carbonyl (C=O) groups excluding carboxylic acids is 1. The van der Waals surface area contributed by atoms with E-state index >= 15 is 0 Å². The van der Waals surface area contributed by atoms with Crippen LogP contribution in [-0.4, -0.2) is 30.4 Å². The summed E-state index contributed by atoms with van der Waals surface area (Å²) in [7, 11) is -3.63. The van der Waals surface area contributed by atoms with Crippen molar-refractivity contribution < 1.29 is 26.4 Å². The molecule has 0 aliphatic carbocycles. The maximum absolute atomic E-state index is 14.2. The first-order valence-corrected chi connectivity index (χ1v) is 12.8. The van der Waals surface area contributed by atoms with E-state index in [-0.39, 0.29) is 22.8 Å². The third-order valence-corrected chi connectivity index (χ3v) is 6.69. The highest BCUT2D eigenvalue weighted by molar-refractivity contribution is 7.90. The Morgan fingerprint density at radius 2 is 1.67 bits per heavy atom. The van der Waals surface area contributed by atoms with Gasteiger partial charge < -0.3 is 4.90 Å². The highest BCUT2D eigenvalue weighted by atomic mass is 35.5. The number of sulfone groups is 1. The minimum Gasteiger partial charge on any atom is -0.304 e. The summed E-state index contributed by atoms with van der Waals surface area (Å²) in [5, 5.41) is 4.18. The highest BCUT2D eigenvalue weighted by Crippen LogP contribution is 2.35. The van der Waals surface area contributed by atoms with Crippen molar-refractivity contribution in [1.29, 1.82) is 0 Å². The molecule has 0 saturated carbocycles. The van der Waals surface area contributed by atoms with Crippen molar-refractivity contribution in [2.24, 2.45) is 0 Å². The summed E-state index contributed by atoms with van der Waals surface area (Å²) >= 11 is 5.86. The first kappa shape index (κ1) is 25.5. The number of hydrogen-bond donors (Lipinski definition) is 0. The second-order valence-electron chi connectivity index (χ2n) is 7.94. The van der Waals surface area contributed by atoms with Gasteiger partial charge in [0.1, 0.15) is 0 Å². The molecule has 36 heavy (non-hydrogen) atoms. The van der Waals surface area contributed by atoms with E-state index in [4.69, 9.17) is 11.6 Å². The first-order chi connectivity index (χ1) is 16.9. The fourth-order valence-corrected chi connectivity index (χ4v) is 4.42. The summed E-state index contributed by atoms with van der Waals surface area (Å²) in [5.74, 6) is -0.989. The molecular formula is C25H19ClF3N3O3S. The molecule has 0 fully saturated rings. The van der Waals surface area contributed by atoms with Crippen molar-refractivity contribution >= 4 is 33.0 Å². The van der Waals surface area contributed by atoms with E-state index in [1.165, 1.54) is 48.5 Å². The van der Waals surface area contributed by atoms with Gasteiger partial charge in [0.2, 0.25) is 0 Å². The molecule has 186 valence electrons. The molecule has 1 heterocycles. The Morgan fingerprint density at radius 3 is 2.28 bits per heavy atom. The van der Waals surface area contributed by atoms with E-state index in [0.29, 0.717) is 15.3 Å². The second kappa shape index (κ2) is 9.79. The molecule has 6 nitrogen and oxygen atoms in total. The van der Waals surface area contributed by atoms with Crippen LogP contribution >= 0.6 is 11.6 Å². The van der Waals surface area contributed by atoms with Gasteiger partial charge in [-0.25, -0.2) is 13.1 Å². The molecule has 1 aromatic heterocycles. The number of carbonyl (C=O) groups is 1. The fraction of sp³-hybridized carbons (Fsp3) is 0.120. The maximum Gasteiger partial charge on any atom is 0.434 e. The fourth-order valence-electron chi connectivity index (χ4n) is 3.63. The molecular weight excluding hydrogens is 515 g/mol.